The van der Waals surface area contributed by atoms with Crippen molar-refractivity contribution >= 4 is 17.2 Å². The molecule has 0 spiro atoms. The van der Waals surface area contributed by atoms with Crippen molar-refractivity contribution in [3.8, 4) is 22.4 Å². The van der Waals surface area contributed by atoms with Gasteiger partial charge in [-0.15, -0.1) is 0 Å². The molecule has 1 aliphatic carbocycles. The van der Waals surface area contributed by atoms with Gasteiger partial charge in [0.25, 0.3) is 0 Å². The molecule has 1 saturated carbocycles. The van der Waals surface area contributed by atoms with Gasteiger partial charge >= 0.3 is 0 Å². The lowest BCUT2D eigenvalue weighted by Gasteiger charge is -2.23. The van der Waals surface area contributed by atoms with E-state index in [1.807, 2.05) is 48.7 Å². The second-order valence-electron chi connectivity index (χ2n) is 7.77. The van der Waals surface area contributed by atoms with Crippen molar-refractivity contribution in [2.24, 2.45) is 0 Å². The minimum atomic E-state index is 0.288. The molecule has 30 heavy (non-hydrogen) atoms. The molecule has 0 bridgehead atoms. The molecule has 4 aromatic rings. The van der Waals surface area contributed by atoms with Crippen LogP contribution in [0.2, 0.25) is 0 Å². The van der Waals surface area contributed by atoms with Crippen molar-refractivity contribution in [1.29, 1.82) is 0 Å². The number of nitrogens with two attached hydrogens (primary N) is 1. The fourth-order valence-electron chi connectivity index (χ4n) is 4.34. The van der Waals surface area contributed by atoms with Gasteiger partial charge in [-0.1, -0.05) is 55.7 Å². The normalized spacial score (nSPS) is 14.6. The van der Waals surface area contributed by atoms with Crippen molar-refractivity contribution in [3.05, 3.63) is 72.0 Å². The molecule has 6 nitrogen and oxygen atoms in total. The van der Waals surface area contributed by atoms with E-state index in [2.05, 4.69) is 14.9 Å². The molecule has 0 atom stereocenters. The highest BCUT2D eigenvalue weighted by atomic mass is 15.3. The lowest BCUT2D eigenvalue weighted by Crippen LogP contribution is -2.10. The number of benzene rings is 1. The topological polar surface area (TPSA) is 73.5 Å². The van der Waals surface area contributed by atoms with E-state index in [0.29, 0.717) is 17.2 Å². The summed E-state index contributed by atoms with van der Waals surface area (Å²) in [4.78, 5) is 13.3. The van der Waals surface area contributed by atoms with Crippen LogP contribution in [-0.2, 0) is 0 Å². The highest BCUT2D eigenvalue weighted by Crippen LogP contribution is 2.40. The van der Waals surface area contributed by atoms with E-state index in [9.17, 15) is 0 Å². The standard InChI is InChI=1S/C24H22N6/c1-26-22-21(17-10-6-3-7-11-17)29-24-19(15-28-30(24)23(22)25)18-12-13-20(27-14-18)16-8-4-2-5-9-16/h2,4-5,8-9,12-15,17H,3,6-7,10-11,25H2. The zero-order valence-corrected chi connectivity index (χ0v) is 16.6. The van der Waals surface area contributed by atoms with E-state index >= 15 is 0 Å². The summed E-state index contributed by atoms with van der Waals surface area (Å²) >= 11 is 0. The smallest absolute Gasteiger partial charge is 0.249 e. The van der Waals surface area contributed by atoms with Crippen LogP contribution in [0.25, 0.3) is 32.9 Å². The van der Waals surface area contributed by atoms with Crippen LogP contribution in [0.1, 0.15) is 43.7 Å². The first-order valence-electron chi connectivity index (χ1n) is 10.3. The minimum absolute atomic E-state index is 0.288. The first-order valence-corrected chi connectivity index (χ1v) is 10.3. The Labute approximate surface area is 175 Å². The van der Waals surface area contributed by atoms with Crippen LogP contribution in [0.5, 0.6) is 0 Å². The Morgan fingerprint density at radius 3 is 2.47 bits per heavy atom. The summed E-state index contributed by atoms with van der Waals surface area (Å²) in [5.74, 6) is 0.659. The van der Waals surface area contributed by atoms with Crippen LogP contribution < -0.4 is 5.73 Å². The third kappa shape index (κ3) is 3.09. The fraction of sp³-hybridized carbons (Fsp3) is 0.250. The van der Waals surface area contributed by atoms with Gasteiger partial charge < -0.3 is 5.73 Å². The molecule has 148 valence electrons. The molecule has 0 aliphatic heterocycles. The van der Waals surface area contributed by atoms with E-state index in [4.69, 9.17) is 17.3 Å². The van der Waals surface area contributed by atoms with Crippen molar-refractivity contribution in [2.45, 2.75) is 38.0 Å². The molecule has 5 rings (SSSR count). The molecule has 0 amide bonds. The average Bonchev–Trinajstić information content (AvgIpc) is 3.25. The molecule has 6 heteroatoms. The van der Waals surface area contributed by atoms with E-state index in [1.54, 1.807) is 10.7 Å². The first kappa shape index (κ1) is 18.3. The molecular weight excluding hydrogens is 372 g/mol. The molecule has 1 aromatic carbocycles. The second kappa shape index (κ2) is 7.60. The molecule has 3 aromatic heterocycles. The summed E-state index contributed by atoms with van der Waals surface area (Å²) in [7, 11) is 0. The zero-order chi connectivity index (χ0) is 20.5. The third-order valence-corrected chi connectivity index (χ3v) is 5.93. The summed E-state index contributed by atoms with van der Waals surface area (Å²) in [6.07, 6.45) is 9.32. The highest BCUT2D eigenvalue weighted by molar-refractivity contribution is 5.81. The molecule has 2 N–H and O–H groups in total. The third-order valence-electron chi connectivity index (χ3n) is 5.93. The number of hydrogen-bond acceptors (Lipinski definition) is 4. The number of hydrogen-bond donors (Lipinski definition) is 1. The number of aromatic nitrogens is 4. The molecule has 3 heterocycles. The summed E-state index contributed by atoms with van der Waals surface area (Å²) in [6, 6.07) is 14.1. The monoisotopic (exact) mass is 394 g/mol. The van der Waals surface area contributed by atoms with Crippen molar-refractivity contribution < 1.29 is 0 Å². The van der Waals surface area contributed by atoms with Crippen LogP contribution in [0.4, 0.5) is 11.5 Å². The molecular formula is C24H22N6. The summed E-state index contributed by atoms with van der Waals surface area (Å²) in [5, 5.41) is 4.43. The van der Waals surface area contributed by atoms with Crippen LogP contribution in [0, 0.1) is 6.57 Å². The molecule has 1 fully saturated rings. The van der Waals surface area contributed by atoms with Gasteiger partial charge in [-0.25, -0.2) is 14.3 Å². The SMILES string of the molecule is [C-]#[N+]c1c(C2CCCCC2)nc2c(-c3ccc(-c4ccccc4)nc3)cnn2c1N. The first-order chi connectivity index (χ1) is 14.8. The summed E-state index contributed by atoms with van der Waals surface area (Å²) < 4.78 is 1.58. The largest absolute Gasteiger partial charge is 0.392 e. The maximum atomic E-state index is 7.65. The van der Waals surface area contributed by atoms with E-state index in [0.717, 1.165) is 40.9 Å². The summed E-state index contributed by atoms with van der Waals surface area (Å²) in [5.41, 5.74) is 12.1. The van der Waals surface area contributed by atoms with Crippen molar-refractivity contribution in [2.75, 3.05) is 5.73 Å². The van der Waals surface area contributed by atoms with Crippen LogP contribution in [-0.4, -0.2) is 19.6 Å². The Hall–Kier alpha value is -3.72. The molecule has 0 unspecified atom stereocenters. The van der Waals surface area contributed by atoms with Gasteiger partial charge in [0.15, 0.2) is 5.65 Å². The maximum Gasteiger partial charge on any atom is 0.249 e. The highest BCUT2D eigenvalue weighted by Gasteiger charge is 2.25. The van der Waals surface area contributed by atoms with Gasteiger partial charge in [0, 0.05) is 22.9 Å². The Kier molecular flexibility index (Phi) is 4.64. The van der Waals surface area contributed by atoms with Gasteiger partial charge in [0.05, 0.1) is 24.2 Å². The lowest BCUT2D eigenvalue weighted by molar-refractivity contribution is 0.438. The lowest BCUT2D eigenvalue weighted by atomic mass is 9.86. The van der Waals surface area contributed by atoms with Crippen molar-refractivity contribution in [3.63, 3.8) is 0 Å². The van der Waals surface area contributed by atoms with Gasteiger partial charge in [-0.05, 0) is 24.8 Å². The molecule has 0 saturated heterocycles. The van der Waals surface area contributed by atoms with Gasteiger partial charge in [0.1, 0.15) is 5.82 Å². The number of anilines is 1. The molecule has 1 aliphatic rings. The van der Waals surface area contributed by atoms with Crippen LogP contribution in [0.15, 0.2) is 54.9 Å². The van der Waals surface area contributed by atoms with E-state index < -0.39 is 0 Å². The Morgan fingerprint density at radius 1 is 0.967 bits per heavy atom. The van der Waals surface area contributed by atoms with E-state index in [1.165, 1.54) is 19.3 Å². The number of nitrogen functional groups attached to an aromatic ring is 1. The predicted molar refractivity (Wildman–Crippen MR) is 118 cm³/mol. The quantitative estimate of drug-likeness (QED) is 0.456. The minimum Gasteiger partial charge on any atom is -0.392 e. The maximum absolute atomic E-state index is 7.65. The van der Waals surface area contributed by atoms with E-state index in [-0.39, 0.29) is 5.92 Å². The Balaban J connectivity index is 1.60. The van der Waals surface area contributed by atoms with Crippen LogP contribution >= 0.6 is 0 Å². The fourth-order valence-corrected chi connectivity index (χ4v) is 4.34. The van der Waals surface area contributed by atoms with Crippen LogP contribution in [0.3, 0.4) is 0 Å². The van der Waals surface area contributed by atoms with Crippen molar-refractivity contribution in [1.82, 2.24) is 19.6 Å². The number of nitrogens with zero attached hydrogens (tertiary/aromatic N) is 5. The predicted octanol–water partition coefficient (Wildman–Crippen LogP) is 5.64. The summed E-state index contributed by atoms with van der Waals surface area (Å²) in [6.45, 7) is 7.65. The van der Waals surface area contributed by atoms with Gasteiger partial charge in [0.2, 0.25) is 5.69 Å². The Morgan fingerprint density at radius 2 is 1.77 bits per heavy atom. The average molecular weight is 394 g/mol. The number of rotatable bonds is 3. The van der Waals surface area contributed by atoms with Gasteiger partial charge in [-0.3, -0.25) is 4.98 Å². The Bertz CT molecular complexity index is 1230. The molecule has 0 radical (unpaired) electrons. The number of pyridine rings is 1. The van der Waals surface area contributed by atoms with Gasteiger partial charge in [-0.2, -0.15) is 5.10 Å². The second-order valence-corrected chi connectivity index (χ2v) is 7.77. The number of fused-ring (bicyclic) bond motifs is 1. The zero-order valence-electron chi connectivity index (χ0n) is 16.6.